The van der Waals surface area contributed by atoms with Crippen molar-refractivity contribution in [2.75, 3.05) is 0 Å². The second-order valence-electron chi connectivity index (χ2n) is 5.83. The molecule has 0 unspecified atom stereocenters. The first-order valence-electron chi connectivity index (χ1n) is 7.97. The van der Waals surface area contributed by atoms with E-state index in [-0.39, 0.29) is 28.1 Å². The van der Waals surface area contributed by atoms with Crippen molar-refractivity contribution in [3.8, 4) is 11.4 Å². The highest BCUT2D eigenvalue weighted by atomic mass is 19.4. The number of benzene rings is 2. The minimum atomic E-state index is -4.78. The van der Waals surface area contributed by atoms with Crippen LogP contribution in [0.2, 0.25) is 0 Å². The summed E-state index contributed by atoms with van der Waals surface area (Å²) in [6.45, 7) is 0. The van der Waals surface area contributed by atoms with Gasteiger partial charge in [-0.05, 0) is 24.3 Å². The van der Waals surface area contributed by atoms with E-state index in [0.29, 0.717) is 5.06 Å². The summed E-state index contributed by atoms with van der Waals surface area (Å²) in [4.78, 5) is 44.8. The van der Waals surface area contributed by atoms with Crippen LogP contribution in [0.1, 0.15) is 37.0 Å². The van der Waals surface area contributed by atoms with Gasteiger partial charge in [-0.1, -0.05) is 34.5 Å². The number of carbonyl (C=O) groups is 3. The Labute approximate surface area is 159 Å². The maximum absolute atomic E-state index is 12.5. The molecule has 8 nitrogen and oxygen atoms in total. The van der Waals surface area contributed by atoms with Gasteiger partial charge in [0.1, 0.15) is 0 Å². The van der Waals surface area contributed by atoms with Gasteiger partial charge in [-0.2, -0.15) is 18.2 Å². The number of alkyl halides is 3. The Morgan fingerprint density at radius 3 is 2.07 bits per heavy atom. The molecule has 11 heteroatoms. The lowest BCUT2D eigenvalue weighted by molar-refractivity contribution is -0.159. The molecule has 0 fully saturated rings. The second kappa shape index (κ2) is 6.55. The van der Waals surface area contributed by atoms with Crippen LogP contribution in [-0.4, -0.2) is 33.0 Å². The molecule has 3 aromatic rings. The summed E-state index contributed by atoms with van der Waals surface area (Å²) in [5, 5.41) is 3.59. The molecule has 1 aromatic heterocycles. The highest BCUT2D eigenvalue weighted by Crippen LogP contribution is 2.29. The molecular weight excluding hydrogens is 395 g/mol. The minimum absolute atomic E-state index is 0.0511. The SMILES string of the molecule is O=C(ON1C(=O)c2ccccc2C1=O)c1ccc(-c2noc(C(F)(F)F)n2)cc1. The van der Waals surface area contributed by atoms with Crippen LogP contribution < -0.4 is 0 Å². The number of hydroxylamine groups is 2. The zero-order valence-electron chi connectivity index (χ0n) is 14.1. The van der Waals surface area contributed by atoms with Gasteiger partial charge in [0.25, 0.3) is 11.8 Å². The van der Waals surface area contributed by atoms with Crippen LogP contribution in [0.15, 0.2) is 53.1 Å². The van der Waals surface area contributed by atoms with Crippen molar-refractivity contribution in [2.24, 2.45) is 0 Å². The molecule has 0 aliphatic carbocycles. The number of nitrogens with zero attached hydrogens (tertiary/aromatic N) is 3. The van der Waals surface area contributed by atoms with Crippen molar-refractivity contribution in [3.63, 3.8) is 0 Å². The third-order valence-electron chi connectivity index (χ3n) is 3.98. The molecule has 146 valence electrons. The smallest absolute Gasteiger partial charge is 0.329 e. The van der Waals surface area contributed by atoms with E-state index in [2.05, 4.69) is 14.7 Å². The summed E-state index contributed by atoms with van der Waals surface area (Å²) >= 11 is 0. The molecule has 0 N–H and O–H groups in total. The number of aromatic nitrogens is 2. The minimum Gasteiger partial charge on any atom is -0.329 e. The van der Waals surface area contributed by atoms with Gasteiger partial charge in [-0.3, -0.25) is 9.59 Å². The molecule has 0 saturated heterocycles. The number of fused-ring (bicyclic) bond motifs is 1. The Hall–Kier alpha value is -4.02. The summed E-state index contributed by atoms with van der Waals surface area (Å²) in [5.41, 5.74) is 0.322. The number of rotatable bonds is 3. The fourth-order valence-corrected chi connectivity index (χ4v) is 2.60. The Morgan fingerprint density at radius 1 is 0.966 bits per heavy atom. The first-order valence-corrected chi connectivity index (χ1v) is 7.97. The molecule has 0 spiro atoms. The number of halogens is 3. The van der Waals surface area contributed by atoms with E-state index in [0.717, 1.165) is 0 Å². The molecule has 4 rings (SSSR count). The molecule has 2 aromatic carbocycles. The summed E-state index contributed by atoms with van der Waals surface area (Å²) in [6.07, 6.45) is -4.78. The maximum Gasteiger partial charge on any atom is 0.471 e. The van der Waals surface area contributed by atoms with Crippen molar-refractivity contribution in [2.45, 2.75) is 6.18 Å². The Bertz CT molecular complexity index is 1100. The molecular formula is C18H8F3N3O5. The molecule has 1 aliphatic rings. The van der Waals surface area contributed by atoms with Crippen molar-refractivity contribution in [3.05, 3.63) is 71.1 Å². The summed E-state index contributed by atoms with van der Waals surface area (Å²) in [6, 6.07) is 11.0. The van der Waals surface area contributed by atoms with E-state index in [1.807, 2.05) is 0 Å². The van der Waals surface area contributed by atoms with Gasteiger partial charge in [0.2, 0.25) is 5.82 Å². The van der Waals surface area contributed by atoms with Crippen LogP contribution in [-0.2, 0) is 11.0 Å². The lowest BCUT2D eigenvalue weighted by Crippen LogP contribution is -2.32. The van der Waals surface area contributed by atoms with Gasteiger partial charge < -0.3 is 9.36 Å². The molecule has 0 atom stereocenters. The van der Waals surface area contributed by atoms with Crippen molar-refractivity contribution >= 4 is 17.8 Å². The van der Waals surface area contributed by atoms with Gasteiger partial charge in [0.05, 0.1) is 16.7 Å². The van der Waals surface area contributed by atoms with Crippen LogP contribution >= 0.6 is 0 Å². The first kappa shape index (κ1) is 18.3. The van der Waals surface area contributed by atoms with Crippen LogP contribution in [0, 0.1) is 0 Å². The molecule has 0 radical (unpaired) electrons. The van der Waals surface area contributed by atoms with Crippen LogP contribution in [0.25, 0.3) is 11.4 Å². The first-order chi connectivity index (χ1) is 13.8. The fourth-order valence-electron chi connectivity index (χ4n) is 2.60. The standard InChI is InChI=1S/C18H8F3N3O5/c19-18(20,21)17-22-13(23-28-17)9-5-7-10(8-6-9)16(27)29-24-14(25)11-3-1-2-4-12(11)15(24)26/h1-8H. The second-order valence-corrected chi connectivity index (χ2v) is 5.83. The van der Waals surface area contributed by atoms with E-state index in [4.69, 9.17) is 4.84 Å². The quantitative estimate of drug-likeness (QED) is 0.619. The lowest BCUT2D eigenvalue weighted by atomic mass is 10.1. The van der Waals surface area contributed by atoms with E-state index in [9.17, 15) is 27.6 Å². The van der Waals surface area contributed by atoms with Crippen LogP contribution in [0.3, 0.4) is 0 Å². The molecule has 0 bridgehead atoms. The predicted molar refractivity (Wildman–Crippen MR) is 87.1 cm³/mol. The maximum atomic E-state index is 12.5. The van der Waals surface area contributed by atoms with E-state index in [1.54, 1.807) is 12.1 Å². The van der Waals surface area contributed by atoms with Crippen molar-refractivity contribution < 1.29 is 36.9 Å². The monoisotopic (exact) mass is 403 g/mol. The third kappa shape index (κ3) is 3.22. The number of amides is 2. The highest BCUT2D eigenvalue weighted by Gasteiger charge is 2.39. The summed E-state index contributed by atoms with van der Waals surface area (Å²) < 4.78 is 41.7. The van der Waals surface area contributed by atoms with Gasteiger partial charge in [-0.15, -0.1) is 0 Å². The third-order valence-corrected chi connectivity index (χ3v) is 3.98. The number of imide groups is 1. The number of hydrogen-bond donors (Lipinski definition) is 0. The molecule has 0 saturated carbocycles. The zero-order chi connectivity index (χ0) is 20.8. The summed E-state index contributed by atoms with van der Waals surface area (Å²) in [7, 11) is 0. The fraction of sp³-hybridized carbons (Fsp3) is 0.0556. The lowest BCUT2D eigenvalue weighted by Gasteiger charge is -2.12. The summed E-state index contributed by atoms with van der Waals surface area (Å²) in [5.74, 6) is -4.38. The van der Waals surface area contributed by atoms with Crippen molar-refractivity contribution in [1.82, 2.24) is 15.2 Å². The molecule has 1 aliphatic heterocycles. The Morgan fingerprint density at radius 2 is 1.55 bits per heavy atom. The molecule has 29 heavy (non-hydrogen) atoms. The zero-order valence-corrected chi connectivity index (χ0v) is 14.1. The normalized spacial score (nSPS) is 13.6. The predicted octanol–water partition coefficient (Wildman–Crippen LogP) is 3.12. The average Bonchev–Trinajstić information content (AvgIpc) is 3.29. The topological polar surface area (TPSA) is 103 Å². The van der Waals surface area contributed by atoms with Gasteiger partial charge in [0, 0.05) is 5.56 Å². The largest absolute Gasteiger partial charge is 0.471 e. The van der Waals surface area contributed by atoms with E-state index in [1.165, 1.54) is 36.4 Å². The number of hydrogen-bond acceptors (Lipinski definition) is 7. The number of carbonyl (C=O) groups excluding carboxylic acids is 3. The molecule has 2 heterocycles. The van der Waals surface area contributed by atoms with E-state index < -0.39 is 29.9 Å². The Kier molecular flexibility index (Phi) is 4.14. The van der Waals surface area contributed by atoms with E-state index >= 15 is 0 Å². The molecule has 2 amide bonds. The van der Waals surface area contributed by atoms with Crippen LogP contribution in [0.5, 0.6) is 0 Å². The Balaban J connectivity index is 1.50. The van der Waals surface area contributed by atoms with Gasteiger partial charge in [-0.25, -0.2) is 4.79 Å². The highest BCUT2D eigenvalue weighted by molar-refractivity contribution is 6.21. The van der Waals surface area contributed by atoms with Gasteiger partial charge >= 0.3 is 18.0 Å². The van der Waals surface area contributed by atoms with Crippen LogP contribution in [0.4, 0.5) is 13.2 Å². The van der Waals surface area contributed by atoms with Gasteiger partial charge in [0.15, 0.2) is 0 Å². The average molecular weight is 403 g/mol. The van der Waals surface area contributed by atoms with Crippen molar-refractivity contribution in [1.29, 1.82) is 0 Å².